The molecule has 2 aromatic carbocycles. The summed E-state index contributed by atoms with van der Waals surface area (Å²) in [6.45, 7) is 1.88. The molecule has 1 aromatic heterocycles. The molecule has 33 heavy (non-hydrogen) atoms. The number of nitrogens with zero attached hydrogens (tertiary/aromatic N) is 2. The van der Waals surface area contributed by atoms with E-state index in [2.05, 4.69) is 4.98 Å². The van der Waals surface area contributed by atoms with E-state index in [1.165, 1.54) is 24.3 Å². The van der Waals surface area contributed by atoms with E-state index in [0.29, 0.717) is 23.4 Å². The number of amides is 1. The van der Waals surface area contributed by atoms with Crippen molar-refractivity contribution in [2.75, 3.05) is 11.9 Å². The molecule has 0 aliphatic heterocycles. The van der Waals surface area contributed by atoms with Gasteiger partial charge < -0.3 is 4.90 Å². The van der Waals surface area contributed by atoms with Gasteiger partial charge in [0.2, 0.25) is 5.91 Å². The molecule has 0 spiro atoms. The van der Waals surface area contributed by atoms with Crippen LogP contribution in [0.1, 0.15) is 22.3 Å². The molecule has 0 N–H and O–H groups in total. The van der Waals surface area contributed by atoms with Gasteiger partial charge in [-0.15, -0.1) is 12.4 Å². The van der Waals surface area contributed by atoms with Crippen LogP contribution in [0, 0.1) is 6.92 Å². The average molecular weight is 489 g/mol. The maximum absolute atomic E-state index is 13.1. The zero-order valence-corrected chi connectivity index (χ0v) is 18.3. The first kappa shape index (κ1) is 26.2. The number of aryl methyl sites for hydroxylation is 1. The van der Waals surface area contributed by atoms with Crippen LogP contribution >= 0.6 is 12.4 Å². The Morgan fingerprint density at radius 1 is 0.909 bits per heavy atom. The normalized spacial score (nSPS) is 11.6. The van der Waals surface area contributed by atoms with Gasteiger partial charge in [0.05, 0.1) is 29.4 Å². The lowest BCUT2D eigenvalue weighted by molar-refractivity contribution is -0.143. The fourth-order valence-electron chi connectivity index (χ4n) is 3.31. The van der Waals surface area contributed by atoms with Gasteiger partial charge in [0.1, 0.15) is 0 Å². The van der Waals surface area contributed by atoms with Crippen molar-refractivity contribution in [3.8, 4) is 11.1 Å². The number of anilines is 1. The molecular weight excluding hydrogens is 470 g/mol. The molecule has 0 saturated heterocycles. The molecule has 0 fully saturated rings. The lowest BCUT2D eigenvalue weighted by Gasteiger charge is -2.22. The third kappa shape index (κ3) is 6.04. The van der Waals surface area contributed by atoms with Crippen LogP contribution in [0.3, 0.4) is 0 Å². The Labute approximate surface area is 192 Å². The molecule has 0 bridgehead atoms. The molecule has 10 heteroatoms. The van der Waals surface area contributed by atoms with Gasteiger partial charge in [-0.3, -0.25) is 9.78 Å². The smallest absolute Gasteiger partial charge is 0.313 e. The summed E-state index contributed by atoms with van der Waals surface area (Å²) < 4.78 is 78.6. The summed E-state index contributed by atoms with van der Waals surface area (Å²) in [5.74, 6) is -0.680. The van der Waals surface area contributed by atoms with Crippen LogP contribution in [0.2, 0.25) is 0 Å². The van der Waals surface area contributed by atoms with Crippen molar-refractivity contribution >= 4 is 24.0 Å². The first-order valence-corrected chi connectivity index (χ1v) is 9.43. The number of rotatable bonds is 4. The highest BCUT2D eigenvalue weighted by Gasteiger charge is 2.37. The highest BCUT2D eigenvalue weighted by atomic mass is 35.5. The first-order chi connectivity index (χ1) is 14.9. The Morgan fingerprint density at radius 2 is 1.48 bits per heavy atom. The van der Waals surface area contributed by atoms with Crippen molar-refractivity contribution in [1.29, 1.82) is 0 Å². The second-order valence-corrected chi connectivity index (χ2v) is 7.25. The van der Waals surface area contributed by atoms with E-state index in [9.17, 15) is 31.1 Å². The predicted molar refractivity (Wildman–Crippen MR) is 115 cm³/mol. The molecule has 0 saturated carbocycles. The number of alkyl halides is 6. The molecule has 3 aromatic rings. The monoisotopic (exact) mass is 488 g/mol. The molecular formula is C23H19ClF6N2O. The Hall–Kier alpha value is -3.07. The van der Waals surface area contributed by atoms with Crippen molar-refractivity contribution in [2.24, 2.45) is 0 Å². The molecule has 1 heterocycles. The van der Waals surface area contributed by atoms with E-state index in [0.717, 1.165) is 11.1 Å². The SMILES string of the molecule is Cc1ccccc1-c1ccncc1N(C)C(=O)Cc1cc(C(F)(F)F)cc(C(F)(F)F)c1.Cl. The van der Waals surface area contributed by atoms with E-state index in [4.69, 9.17) is 0 Å². The van der Waals surface area contributed by atoms with E-state index < -0.39 is 35.8 Å². The fraction of sp³-hybridized carbons (Fsp3) is 0.217. The Balaban J connectivity index is 0.00000385. The summed E-state index contributed by atoms with van der Waals surface area (Å²) in [7, 11) is 1.40. The lowest BCUT2D eigenvalue weighted by atomic mass is 9.99. The minimum Gasteiger partial charge on any atom is -0.313 e. The van der Waals surface area contributed by atoms with Crippen LogP contribution in [0.5, 0.6) is 0 Å². The number of hydrogen-bond acceptors (Lipinski definition) is 2. The molecule has 3 nitrogen and oxygen atoms in total. The zero-order valence-electron chi connectivity index (χ0n) is 17.5. The second-order valence-electron chi connectivity index (χ2n) is 7.25. The van der Waals surface area contributed by atoms with Gasteiger partial charge in [-0.25, -0.2) is 0 Å². The summed E-state index contributed by atoms with van der Waals surface area (Å²) in [4.78, 5) is 18.0. The molecule has 0 atom stereocenters. The van der Waals surface area contributed by atoms with E-state index >= 15 is 0 Å². The molecule has 0 unspecified atom stereocenters. The highest BCUT2D eigenvalue weighted by Crippen LogP contribution is 2.37. The van der Waals surface area contributed by atoms with Crippen LogP contribution in [-0.4, -0.2) is 17.9 Å². The quantitative estimate of drug-likeness (QED) is 0.382. The Kier molecular flexibility index (Phi) is 7.79. The number of carbonyl (C=O) groups is 1. The lowest BCUT2D eigenvalue weighted by Crippen LogP contribution is -2.28. The third-order valence-corrected chi connectivity index (χ3v) is 4.97. The van der Waals surface area contributed by atoms with Gasteiger partial charge in [-0.05, 0) is 47.9 Å². The van der Waals surface area contributed by atoms with Crippen molar-refractivity contribution in [3.05, 3.63) is 83.2 Å². The fourth-order valence-corrected chi connectivity index (χ4v) is 3.31. The molecule has 176 valence electrons. The van der Waals surface area contributed by atoms with E-state index in [1.807, 2.05) is 31.2 Å². The van der Waals surface area contributed by atoms with Gasteiger partial charge in [0, 0.05) is 18.8 Å². The van der Waals surface area contributed by atoms with Crippen molar-refractivity contribution < 1.29 is 31.1 Å². The van der Waals surface area contributed by atoms with Crippen LogP contribution in [0.25, 0.3) is 11.1 Å². The predicted octanol–water partition coefficient (Wildman–Crippen LogP) is 6.72. The number of hydrogen-bond donors (Lipinski definition) is 0. The standard InChI is InChI=1S/C23H18F6N2O.ClH/c1-14-5-3-4-6-18(14)19-7-8-30-13-20(19)31(2)21(32)11-15-9-16(22(24,25)26)12-17(10-15)23(27,28)29;/h3-10,12-13H,11H2,1-2H3;1H. The van der Waals surface area contributed by atoms with Gasteiger partial charge in [-0.1, -0.05) is 24.3 Å². The maximum Gasteiger partial charge on any atom is 0.416 e. The summed E-state index contributed by atoms with van der Waals surface area (Å²) in [5, 5.41) is 0. The van der Waals surface area contributed by atoms with Gasteiger partial charge in [0.15, 0.2) is 0 Å². The highest BCUT2D eigenvalue weighted by molar-refractivity contribution is 5.98. The van der Waals surface area contributed by atoms with Crippen molar-refractivity contribution in [1.82, 2.24) is 4.98 Å². The average Bonchev–Trinajstić information content (AvgIpc) is 2.72. The largest absolute Gasteiger partial charge is 0.416 e. The summed E-state index contributed by atoms with van der Waals surface area (Å²) in [6.07, 6.45) is -7.65. The number of likely N-dealkylation sites (N-methyl/N-ethyl adjacent to an activating group) is 1. The zero-order chi connectivity index (χ0) is 23.7. The van der Waals surface area contributed by atoms with Crippen LogP contribution < -0.4 is 4.90 Å². The third-order valence-electron chi connectivity index (χ3n) is 4.97. The Bertz CT molecular complexity index is 1110. The molecule has 0 aliphatic carbocycles. The van der Waals surface area contributed by atoms with Crippen LogP contribution in [0.4, 0.5) is 32.0 Å². The summed E-state index contributed by atoms with van der Waals surface area (Å²) in [5.41, 5.74) is -0.509. The van der Waals surface area contributed by atoms with E-state index in [-0.39, 0.29) is 24.0 Å². The number of pyridine rings is 1. The van der Waals surface area contributed by atoms with Crippen LogP contribution in [-0.2, 0) is 23.6 Å². The minimum absolute atomic E-state index is 0. The number of aromatic nitrogens is 1. The van der Waals surface area contributed by atoms with Gasteiger partial charge in [-0.2, -0.15) is 26.3 Å². The number of carbonyl (C=O) groups excluding carboxylic acids is 1. The molecule has 1 amide bonds. The summed E-state index contributed by atoms with van der Waals surface area (Å²) in [6, 6.07) is 10.2. The second kappa shape index (κ2) is 9.82. The summed E-state index contributed by atoms with van der Waals surface area (Å²) >= 11 is 0. The van der Waals surface area contributed by atoms with E-state index in [1.54, 1.807) is 6.07 Å². The van der Waals surface area contributed by atoms with Crippen LogP contribution in [0.15, 0.2) is 60.9 Å². The number of benzene rings is 2. The Morgan fingerprint density at radius 3 is 2.03 bits per heavy atom. The van der Waals surface area contributed by atoms with Gasteiger partial charge in [0.25, 0.3) is 0 Å². The molecule has 0 aliphatic rings. The number of halogens is 7. The topological polar surface area (TPSA) is 33.2 Å². The maximum atomic E-state index is 13.1. The molecule has 0 radical (unpaired) electrons. The van der Waals surface area contributed by atoms with Gasteiger partial charge >= 0.3 is 12.4 Å². The minimum atomic E-state index is -4.98. The van der Waals surface area contributed by atoms with Crippen molar-refractivity contribution in [2.45, 2.75) is 25.7 Å². The first-order valence-electron chi connectivity index (χ1n) is 9.43. The molecule has 3 rings (SSSR count). The van der Waals surface area contributed by atoms with Crippen molar-refractivity contribution in [3.63, 3.8) is 0 Å².